The molecule has 7 nitrogen and oxygen atoms in total. The van der Waals surface area contributed by atoms with E-state index >= 15 is 0 Å². The van der Waals surface area contributed by atoms with E-state index in [9.17, 15) is 14.4 Å². The number of urea groups is 1. The van der Waals surface area contributed by atoms with Gasteiger partial charge in [-0.2, -0.15) is 0 Å². The molecule has 3 heterocycles. The maximum absolute atomic E-state index is 12.5. The third-order valence-electron chi connectivity index (χ3n) is 5.32. The summed E-state index contributed by atoms with van der Waals surface area (Å²) in [5, 5.41) is 2.86. The summed E-state index contributed by atoms with van der Waals surface area (Å²) in [6, 6.07) is 3.27. The lowest BCUT2D eigenvalue weighted by Crippen LogP contribution is -2.55. The van der Waals surface area contributed by atoms with E-state index < -0.39 is 5.54 Å². The molecule has 1 aromatic heterocycles. The molecule has 2 saturated heterocycles. The molecule has 0 bridgehead atoms. The van der Waals surface area contributed by atoms with Crippen molar-refractivity contribution in [2.24, 2.45) is 13.0 Å². The van der Waals surface area contributed by atoms with Crippen molar-refractivity contribution in [2.45, 2.75) is 31.8 Å². The Morgan fingerprint density at radius 1 is 1.29 bits per heavy atom. The first-order valence-corrected chi connectivity index (χ1v) is 8.29. The van der Waals surface area contributed by atoms with Gasteiger partial charge >= 0.3 is 6.03 Å². The van der Waals surface area contributed by atoms with Crippen molar-refractivity contribution in [3.63, 3.8) is 0 Å². The van der Waals surface area contributed by atoms with Crippen molar-refractivity contribution in [3.05, 3.63) is 34.2 Å². The summed E-state index contributed by atoms with van der Waals surface area (Å²) < 4.78 is 1.55. The fourth-order valence-corrected chi connectivity index (χ4v) is 3.69. The molecule has 2 fully saturated rings. The van der Waals surface area contributed by atoms with E-state index in [1.807, 2.05) is 13.0 Å². The molecule has 0 spiro atoms. The number of nitrogens with zero attached hydrogens (tertiary/aromatic N) is 3. The minimum Gasteiger partial charge on any atom is -0.323 e. The molecule has 0 aliphatic carbocycles. The Labute approximate surface area is 141 Å². The summed E-state index contributed by atoms with van der Waals surface area (Å²) >= 11 is 0. The number of rotatable bonds is 3. The number of likely N-dealkylation sites (tertiary alicyclic amines) is 1. The van der Waals surface area contributed by atoms with Gasteiger partial charge in [0.05, 0.1) is 0 Å². The van der Waals surface area contributed by atoms with Crippen LogP contribution in [0.2, 0.25) is 0 Å². The summed E-state index contributed by atoms with van der Waals surface area (Å²) in [4.78, 5) is 39.5. The van der Waals surface area contributed by atoms with Crippen LogP contribution in [0.25, 0.3) is 0 Å². The first-order chi connectivity index (χ1) is 11.3. The molecule has 0 unspecified atom stereocenters. The highest BCUT2D eigenvalue weighted by atomic mass is 16.2. The van der Waals surface area contributed by atoms with Crippen LogP contribution in [0.3, 0.4) is 0 Å². The molecular formula is C17H24N4O3. The number of aromatic nitrogens is 1. The number of likely N-dealkylation sites (N-methyl/N-ethyl adjacent to an activating group) is 1. The minimum absolute atomic E-state index is 0.0205. The van der Waals surface area contributed by atoms with Crippen molar-refractivity contribution in [2.75, 3.05) is 20.1 Å². The zero-order chi connectivity index (χ0) is 17.5. The van der Waals surface area contributed by atoms with Gasteiger partial charge in [-0.3, -0.25) is 19.4 Å². The van der Waals surface area contributed by atoms with E-state index in [1.165, 1.54) is 11.9 Å². The van der Waals surface area contributed by atoms with Crippen LogP contribution in [0.1, 0.15) is 25.3 Å². The third-order valence-corrected chi connectivity index (χ3v) is 5.32. The number of aryl methyl sites for hydroxylation is 1. The maximum atomic E-state index is 12.5. The van der Waals surface area contributed by atoms with Crippen LogP contribution >= 0.6 is 0 Å². The van der Waals surface area contributed by atoms with Crippen LogP contribution in [-0.2, 0) is 18.4 Å². The van der Waals surface area contributed by atoms with Crippen LogP contribution in [0.4, 0.5) is 4.79 Å². The van der Waals surface area contributed by atoms with Crippen molar-refractivity contribution in [3.8, 4) is 0 Å². The van der Waals surface area contributed by atoms with E-state index in [2.05, 4.69) is 10.2 Å². The number of imide groups is 1. The number of carbonyl (C=O) groups excluding carboxylic acids is 2. The fraction of sp³-hybridized carbons (Fsp3) is 0.588. The fourth-order valence-electron chi connectivity index (χ4n) is 3.69. The van der Waals surface area contributed by atoms with E-state index in [0.29, 0.717) is 6.54 Å². The first-order valence-electron chi connectivity index (χ1n) is 8.29. The second-order valence-corrected chi connectivity index (χ2v) is 7.06. The molecule has 3 rings (SSSR count). The van der Waals surface area contributed by atoms with Gasteiger partial charge in [0.15, 0.2) is 0 Å². The average molecular weight is 332 g/mol. The minimum atomic E-state index is -0.836. The van der Waals surface area contributed by atoms with E-state index in [-0.39, 0.29) is 23.4 Å². The summed E-state index contributed by atoms with van der Waals surface area (Å²) in [7, 11) is 3.25. The van der Waals surface area contributed by atoms with Gasteiger partial charge in [-0.15, -0.1) is 0 Å². The lowest BCUT2D eigenvalue weighted by atomic mass is 9.80. The molecule has 1 N–H and O–H groups in total. The monoisotopic (exact) mass is 332 g/mol. The molecule has 1 aromatic rings. The van der Waals surface area contributed by atoms with Crippen LogP contribution in [0, 0.1) is 5.92 Å². The smallest absolute Gasteiger partial charge is 0.323 e. The SMILES string of the molecule is CN1C(=O)N[C@](C)([C@H]2CCCN(Cc3ccn(C)c(=O)c3)C2)C1=O. The van der Waals surface area contributed by atoms with Gasteiger partial charge in [0, 0.05) is 45.4 Å². The zero-order valence-electron chi connectivity index (χ0n) is 14.4. The van der Waals surface area contributed by atoms with Gasteiger partial charge in [0.25, 0.3) is 11.5 Å². The molecule has 24 heavy (non-hydrogen) atoms. The molecule has 2 aliphatic rings. The summed E-state index contributed by atoms with van der Waals surface area (Å²) in [5.41, 5.74) is 0.118. The van der Waals surface area contributed by atoms with Crippen molar-refractivity contribution >= 4 is 11.9 Å². The van der Waals surface area contributed by atoms with Gasteiger partial charge in [0.2, 0.25) is 0 Å². The Balaban J connectivity index is 1.72. The highest BCUT2D eigenvalue weighted by Gasteiger charge is 2.51. The molecule has 7 heteroatoms. The van der Waals surface area contributed by atoms with Gasteiger partial charge in [-0.05, 0) is 37.9 Å². The van der Waals surface area contributed by atoms with Gasteiger partial charge < -0.3 is 9.88 Å². The molecule has 3 amide bonds. The Morgan fingerprint density at radius 2 is 2.04 bits per heavy atom. The van der Waals surface area contributed by atoms with E-state index in [1.54, 1.807) is 23.9 Å². The van der Waals surface area contributed by atoms with E-state index in [4.69, 9.17) is 0 Å². The highest BCUT2D eigenvalue weighted by Crippen LogP contribution is 2.32. The average Bonchev–Trinajstić information content (AvgIpc) is 2.76. The molecular weight excluding hydrogens is 308 g/mol. The number of amides is 3. The lowest BCUT2D eigenvalue weighted by molar-refractivity contribution is -0.132. The predicted octanol–water partition coefficient (Wildman–Crippen LogP) is 0.538. The predicted molar refractivity (Wildman–Crippen MR) is 89.4 cm³/mol. The lowest BCUT2D eigenvalue weighted by Gasteiger charge is -2.39. The molecule has 2 aliphatic heterocycles. The summed E-state index contributed by atoms with van der Waals surface area (Å²) in [5.74, 6) is -0.0906. The molecule has 0 saturated carbocycles. The summed E-state index contributed by atoms with van der Waals surface area (Å²) in [6.07, 6.45) is 3.65. The standard InChI is InChI=1S/C17H24N4O3/c1-17(15(23)20(3)16(24)18-17)13-5-4-7-21(11-13)10-12-6-8-19(2)14(22)9-12/h6,8-9,13H,4-5,7,10-11H2,1-3H3,(H,18,24)/t13-,17+/m0/s1. The third kappa shape index (κ3) is 2.84. The normalized spacial score (nSPS) is 28.3. The van der Waals surface area contributed by atoms with E-state index in [0.717, 1.165) is 31.5 Å². The van der Waals surface area contributed by atoms with Crippen LogP contribution < -0.4 is 10.9 Å². The number of hydrogen-bond acceptors (Lipinski definition) is 4. The molecule has 0 radical (unpaired) electrons. The van der Waals surface area contributed by atoms with Crippen LogP contribution in [0.5, 0.6) is 0 Å². The van der Waals surface area contributed by atoms with Crippen LogP contribution in [-0.4, -0.2) is 52.0 Å². The van der Waals surface area contributed by atoms with Crippen molar-refractivity contribution < 1.29 is 9.59 Å². The topological polar surface area (TPSA) is 74.7 Å². The molecule has 130 valence electrons. The maximum Gasteiger partial charge on any atom is 0.324 e. The Morgan fingerprint density at radius 3 is 2.67 bits per heavy atom. The highest BCUT2D eigenvalue weighted by molar-refractivity contribution is 6.06. The number of pyridine rings is 1. The second kappa shape index (κ2) is 6.05. The second-order valence-electron chi connectivity index (χ2n) is 7.06. The van der Waals surface area contributed by atoms with Crippen molar-refractivity contribution in [1.29, 1.82) is 0 Å². The number of carbonyl (C=O) groups is 2. The van der Waals surface area contributed by atoms with Crippen molar-refractivity contribution in [1.82, 2.24) is 19.7 Å². The zero-order valence-corrected chi connectivity index (χ0v) is 14.4. The number of nitrogens with one attached hydrogen (secondary N) is 1. The van der Waals surface area contributed by atoms with Crippen LogP contribution in [0.15, 0.2) is 23.1 Å². The Kier molecular flexibility index (Phi) is 4.21. The van der Waals surface area contributed by atoms with Gasteiger partial charge in [0.1, 0.15) is 5.54 Å². The van der Waals surface area contributed by atoms with Gasteiger partial charge in [-0.25, -0.2) is 4.79 Å². The Bertz CT molecular complexity index is 729. The summed E-state index contributed by atoms with van der Waals surface area (Å²) in [6.45, 7) is 4.16. The largest absolute Gasteiger partial charge is 0.324 e. The first kappa shape index (κ1) is 16.7. The number of hydrogen-bond donors (Lipinski definition) is 1. The molecule has 0 aromatic carbocycles. The molecule has 2 atom stereocenters. The van der Waals surface area contributed by atoms with Gasteiger partial charge in [-0.1, -0.05) is 0 Å². The number of piperidine rings is 1. The Hall–Kier alpha value is -2.15. The quantitative estimate of drug-likeness (QED) is 0.820.